The molecule has 3 heteroatoms. The van der Waals surface area contributed by atoms with Gasteiger partial charge in [-0.15, -0.1) is 6.58 Å². The number of carbonyl (C=O) groups excluding carboxylic acids is 1. The minimum atomic E-state index is -0.120. The van der Waals surface area contributed by atoms with Gasteiger partial charge >= 0.3 is 6.03 Å². The summed E-state index contributed by atoms with van der Waals surface area (Å²) in [6, 6.07) is 10.2. The Morgan fingerprint density at radius 1 is 1.41 bits per heavy atom. The summed E-state index contributed by atoms with van der Waals surface area (Å²) in [6.45, 7) is 4.07. The largest absolute Gasteiger partial charge is 0.335 e. The predicted molar refractivity (Wildman–Crippen MR) is 68.6 cm³/mol. The fraction of sp³-hybridized carbons (Fsp3) is 0.357. The second-order valence-corrected chi connectivity index (χ2v) is 4.37. The Hall–Kier alpha value is -1.77. The van der Waals surface area contributed by atoms with Crippen molar-refractivity contribution in [3.05, 3.63) is 48.6 Å². The van der Waals surface area contributed by atoms with Crippen LogP contribution < -0.4 is 10.6 Å². The minimum absolute atomic E-state index is 0.120. The lowest BCUT2D eigenvalue weighted by molar-refractivity contribution is 0.236. The third kappa shape index (κ3) is 3.34. The van der Waals surface area contributed by atoms with E-state index in [0.717, 1.165) is 0 Å². The fourth-order valence-corrected chi connectivity index (χ4v) is 1.92. The fourth-order valence-electron chi connectivity index (χ4n) is 1.92. The van der Waals surface area contributed by atoms with Gasteiger partial charge in [0, 0.05) is 6.54 Å². The number of carbonyl (C=O) groups is 1. The van der Waals surface area contributed by atoms with Crippen LogP contribution in [0.5, 0.6) is 0 Å². The molecule has 0 aliphatic heterocycles. The van der Waals surface area contributed by atoms with E-state index in [2.05, 4.69) is 29.3 Å². The lowest BCUT2D eigenvalue weighted by Gasteiger charge is -2.18. The number of amides is 2. The monoisotopic (exact) mass is 230 g/mol. The molecular formula is C14H18N2O. The SMILES string of the molecule is C=CCNC(=O)NC(c1ccccc1)C1CC1. The van der Waals surface area contributed by atoms with Gasteiger partial charge in [-0.25, -0.2) is 4.79 Å². The second kappa shape index (κ2) is 5.53. The number of benzene rings is 1. The maximum atomic E-state index is 11.6. The molecule has 1 aromatic rings. The van der Waals surface area contributed by atoms with Gasteiger partial charge < -0.3 is 10.6 Å². The summed E-state index contributed by atoms with van der Waals surface area (Å²) < 4.78 is 0. The normalized spacial score (nSPS) is 16.0. The maximum Gasteiger partial charge on any atom is 0.315 e. The van der Waals surface area contributed by atoms with E-state index in [0.29, 0.717) is 12.5 Å². The molecule has 90 valence electrons. The van der Waals surface area contributed by atoms with Crippen LogP contribution in [0, 0.1) is 5.92 Å². The zero-order valence-corrected chi connectivity index (χ0v) is 9.86. The highest BCUT2D eigenvalue weighted by atomic mass is 16.2. The summed E-state index contributed by atoms with van der Waals surface area (Å²) in [5.74, 6) is 0.590. The molecule has 0 aromatic heterocycles. The summed E-state index contributed by atoms with van der Waals surface area (Å²) in [5.41, 5.74) is 1.18. The lowest BCUT2D eigenvalue weighted by atomic mass is 10.0. The van der Waals surface area contributed by atoms with E-state index < -0.39 is 0 Å². The molecule has 0 bridgehead atoms. The molecule has 2 amide bonds. The molecule has 2 N–H and O–H groups in total. The molecule has 1 aliphatic carbocycles. The van der Waals surface area contributed by atoms with Crippen molar-refractivity contribution < 1.29 is 4.79 Å². The topological polar surface area (TPSA) is 41.1 Å². The van der Waals surface area contributed by atoms with Gasteiger partial charge in [0.05, 0.1) is 6.04 Å². The van der Waals surface area contributed by atoms with E-state index in [1.54, 1.807) is 6.08 Å². The first-order valence-corrected chi connectivity index (χ1v) is 6.01. The highest BCUT2D eigenvalue weighted by Crippen LogP contribution is 2.40. The Bertz CT molecular complexity index is 384. The van der Waals surface area contributed by atoms with Crippen molar-refractivity contribution in [1.82, 2.24) is 10.6 Å². The van der Waals surface area contributed by atoms with Gasteiger partial charge in [0.25, 0.3) is 0 Å². The third-order valence-electron chi connectivity index (χ3n) is 2.95. The van der Waals surface area contributed by atoms with Gasteiger partial charge in [0.2, 0.25) is 0 Å². The number of nitrogens with one attached hydrogen (secondary N) is 2. The van der Waals surface area contributed by atoms with Crippen LogP contribution in [0.15, 0.2) is 43.0 Å². The van der Waals surface area contributed by atoms with Gasteiger partial charge in [-0.3, -0.25) is 0 Å². The number of hydrogen-bond acceptors (Lipinski definition) is 1. The molecule has 1 atom stereocenters. The van der Waals surface area contributed by atoms with Crippen LogP contribution in [-0.4, -0.2) is 12.6 Å². The van der Waals surface area contributed by atoms with Gasteiger partial charge in [0.1, 0.15) is 0 Å². The van der Waals surface area contributed by atoms with E-state index in [1.807, 2.05) is 18.2 Å². The third-order valence-corrected chi connectivity index (χ3v) is 2.95. The molecule has 0 saturated heterocycles. The zero-order chi connectivity index (χ0) is 12.1. The van der Waals surface area contributed by atoms with E-state index in [1.165, 1.54) is 18.4 Å². The molecule has 17 heavy (non-hydrogen) atoms. The molecule has 0 heterocycles. The summed E-state index contributed by atoms with van der Waals surface area (Å²) in [6.07, 6.45) is 4.07. The van der Waals surface area contributed by atoms with Crippen LogP contribution >= 0.6 is 0 Å². The van der Waals surface area contributed by atoms with Crippen LogP contribution in [0.4, 0.5) is 4.79 Å². The summed E-state index contributed by atoms with van der Waals surface area (Å²) in [4.78, 5) is 11.6. The van der Waals surface area contributed by atoms with Crippen molar-refractivity contribution in [2.75, 3.05) is 6.54 Å². The number of rotatable bonds is 5. The first kappa shape index (κ1) is 11.7. The Morgan fingerprint density at radius 3 is 2.71 bits per heavy atom. The average molecular weight is 230 g/mol. The highest BCUT2D eigenvalue weighted by molar-refractivity contribution is 5.74. The van der Waals surface area contributed by atoms with E-state index in [4.69, 9.17) is 0 Å². The molecule has 1 saturated carbocycles. The first-order chi connectivity index (χ1) is 8.31. The number of urea groups is 1. The molecular weight excluding hydrogens is 212 g/mol. The molecule has 0 spiro atoms. The smallest absolute Gasteiger partial charge is 0.315 e. The Labute approximate surface area is 102 Å². The molecule has 1 fully saturated rings. The van der Waals surface area contributed by atoms with Crippen molar-refractivity contribution >= 4 is 6.03 Å². The summed E-state index contributed by atoms with van der Waals surface area (Å²) in [7, 11) is 0. The van der Waals surface area contributed by atoms with Gasteiger partial charge in [0.15, 0.2) is 0 Å². The van der Waals surface area contributed by atoms with Crippen molar-refractivity contribution in [2.24, 2.45) is 5.92 Å². The second-order valence-electron chi connectivity index (χ2n) is 4.37. The van der Waals surface area contributed by atoms with Crippen molar-refractivity contribution in [1.29, 1.82) is 0 Å². The highest BCUT2D eigenvalue weighted by Gasteiger charge is 2.33. The van der Waals surface area contributed by atoms with Crippen LogP contribution in [0.3, 0.4) is 0 Å². The Morgan fingerprint density at radius 2 is 2.12 bits per heavy atom. The number of hydrogen-bond donors (Lipinski definition) is 2. The van der Waals surface area contributed by atoms with Crippen LogP contribution in [-0.2, 0) is 0 Å². The molecule has 1 aliphatic rings. The molecule has 1 unspecified atom stereocenters. The van der Waals surface area contributed by atoms with Gasteiger partial charge in [-0.05, 0) is 24.3 Å². The maximum absolute atomic E-state index is 11.6. The molecule has 3 nitrogen and oxygen atoms in total. The summed E-state index contributed by atoms with van der Waals surface area (Å²) in [5, 5.41) is 5.78. The average Bonchev–Trinajstić information content (AvgIpc) is 3.19. The lowest BCUT2D eigenvalue weighted by Crippen LogP contribution is -2.38. The predicted octanol–water partition coefficient (Wildman–Crippen LogP) is 2.62. The first-order valence-electron chi connectivity index (χ1n) is 6.01. The molecule has 2 rings (SSSR count). The Balaban J connectivity index is 1.98. The molecule has 0 radical (unpaired) electrons. The van der Waals surface area contributed by atoms with Crippen LogP contribution in [0.2, 0.25) is 0 Å². The minimum Gasteiger partial charge on any atom is -0.335 e. The zero-order valence-electron chi connectivity index (χ0n) is 9.86. The van der Waals surface area contributed by atoms with Crippen LogP contribution in [0.1, 0.15) is 24.4 Å². The Kier molecular flexibility index (Phi) is 3.81. The van der Waals surface area contributed by atoms with Gasteiger partial charge in [-0.1, -0.05) is 36.4 Å². The van der Waals surface area contributed by atoms with Crippen LogP contribution in [0.25, 0.3) is 0 Å². The van der Waals surface area contributed by atoms with Gasteiger partial charge in [-0.2, -0.15) is 0 Å². The molecule has 1 aromatic carbocycles. The quantitative estimate of drug-likeness (QED) is 0.750. The van der Waals surface area contributed by atoms with Crippen molar-refractivity contribution in [3.8, 4) is 0 Å². The van der Waals surface area contributed by atoms with E-state index in [-0.39, 0.29) is 12.1 Å². The van der Waals surface area contributed by atoms with Crippen molar-refractivity contribution in [3.63, 3.8) is 0 Å². The van der Waals surface area contributed by atoms with E-state index in [9.17, 15) is 4.79 Å². The van der Waals surface area contributed by atoms with Crippen molar-refractivity contribution in [2.45, 2.75) is 18.9 Å². The van der Waals surface area contributed by atoms with E-state index >= 15 is 0 Å². The summed E-state index contributed by atoms with van der Waals surface area (Å²) >= 11 is 0. The standard InChI is InChI=1S/C14H18N2O/c1-2-10-15-14(17)16-13(12-8-9-12)11-6-4-3-5-7-11/h2-7,12-13H,1,8-10H2,(H2,15,16,17).